The van der Waals surface area contributed by atoms with Crippen LogP contribution >= 0.6 is 23.2 Å². The third-order valence-electron chi connectivity index (χ3n) is 6.47. The lowest BCUT2D eigenvalue weighted by atomic mass is 9.77. The van der Waals surface area contributed by atoms with Gasteiger partial charge in [-0.25, -0.2) is 5.01 Å². The Balaban J connectivity index is 1.59. The first-order valence-electron chi connectivity index (χ1n) is 11.3. The molecule has 0 N–H and O–H groups in total. The highest BCUT2D eigenvalue weighted by Crippen LogP contribution is 2.45. The minimum Gasteiger partial charge on any atom is -0.496 e. The van der Waals surface area contributed by atoms with Gasteiger partial charge in [0.05, 0.1) is 24.4 Å². The highest BCUT2D eigenvalue weighted by molar-refractivity contribution is 6.30. The minimum atomic E-state index is -0.210. The molecule has 6 heteroatoms. The number of methoxy groups -OCH3 is 1. The largest absolute Gasteiger partial charge is 0.496 e. The number of carbonyl (C=O) groups is 1. The molecule has 3 aromatic carbocycles. The summed E-state index contributed by atoms with van der Waals surface area (Å²) in [4.78, 5) is 13.8. The molecule has 0 aromatic heterocycles. The maximum atomic E-state index is 13.8. The number of allylic oxidation sites excluding steroid dienone is 1. The average Bonchev–Trinajstić information content (AvgIpc) is 3.26. The van der Waals surface area contributed by atoms with Gasteiger partial charge in [0.1, 0.15) is 5.75 Å². The van der Waals surface area contributed by atoms with Crippen LogP contribution in [0.25, 0.3) is 6.08 Å². The van der Waals surface area contributed by atoms with Gasteiger partial charge in [0.15, 0.2) is 0 Å². The molecule has 2 unspecified atom stereocenters. The molecule has 4 nitrogen and oxygen atoms in total. The molecule has 0 spiro atoms. The van der Waals surface area contributed by atoms with Crippen LogP contribution in [0, 0.1) is 5.92 Å². The van der Waals surface area contributed by atoms with Crippen molar-refractivity contribution < 1.29 is 9.53 Å². The number of para-hydroxylation sites is 1. The number of ether oxygens (including phenoxy) is 1. The number of nitrogens with zero attached hydrogens (tertiary/aromatic N) is 2. The van der Waals surface area contributed by atoms with Gasteiger partial charge in [-0.3, -0.25) is 4.79 Å². The molecule has 3 aromatic rings. The van der Waals surface area contributed by atoms with Crippen molar-refractivity contribution in [3.05, 3.63) is 105 Å². The Hall–Kier alpha value is -3.08. The Kier molecular flexibility index (Phi) is 6.44. The number of hydrogen-bond donors (Lipinski definition) is 0. The second-order valence-electron chi connectivity index (χ2n) is 8.55. The topological polar surface area (TPSA) is 41.9 Å². The monoisotopic (exact) mass is 490 g/mol. The van der Waals surface area contributed by atoms with Crippen LogP contribution in [0.2, 0.25) is 10.0 Å². The Morgan fingerprint density at radius 1 is 1.00 bits per heavy atom. The molecule has 2 atom stereocenters. The molecule has 0 radical (unpaired) electrons. The van der Waals surface area contributed by atoms with E-state index in [0.29, 0.717) is 21.4 Å². The third kappa shape index (κ3) is 4.36. The summed E-state index contributed by atoms with van der Waals surface area (Å²) in [6, 6.07) is 22.6. The first kappa shape index (κ1) is 22.7. The zero-order valence-electron chi connectivity index (χ0n) is 18.7. The molecule has 34 heavy (non-hydrogen) atoms. The highest BCUT2D eigenvalue weighted by Gasteiger charge is 2.44. The highest BCUT2D eigenvalue weighted by atomic mass is 35.5. The van der Waals surface area contributed by atoms with Gasteiger partial charge in [-0.1, -0.05) is 59.6 Å². The van der Waals surface area contributed by atoms with Crippen LogP contribution in [-0.2, 0) is 0 Å². The van der Waals surface area contributed by atoms with Gasteiger partial charge in [-0.05, 0) is 78.4 Å². The number of amides is 1. The van der Waals surface area contributed by atoms with Crippen LogP contribution in [0.1, 0.15) is 46.8 Å². The summed E-state index contributed by atoms with van der Waals surface area (Å²) < 4.78 is 5.48. The molecular formula is C28H24Cl2N2O2. The molecule has 1 saturated carbocycles. The molecule has 2 aliphatic rings. The standard InChI is InChI=1S/C28H24Cl2N2O2/c1-34-25-8-3-2-6-23(25)28(33)32-27(19-11-15-22(30)16-12-19)24-7-4-5-20(26(24)31-32)17-18-9-13-21(29)14-10-18/h2-3,6,8-17,24,27H,4-5,7H2,1H3/b20-17+. The van der Waals surface area contributed by atoms with Gasteiger partial charge in [0.25, 0.3) is 5.91 Å². The lowest BCUT2D eigenvalue weighted by Gasteiger charge is -2.30. The van der Waals surface area contributed by atoms with E-state index in [9.17, 15) is 4.79 Å². The van der Waals surface area contributed by atoms with E-state index in [1.165, 1.54) is 0 Å². The molecule has 0 bridgehead atoms. The first-order valence-corrected chi connectivity index (χ1v) is 12.1. The summed E-state index contributed by atoms with van der Waals surface area (Å²) >= 11 is 12.2. The Labute approximate surface area is 209 Å². The fourth-order valence-electron chi connectivity index (χ4n) is 4.87. The van der Waals surface area contributed by atoms with E-state index in [4.69, 9.17) is 33.0 Å². The Morgan fingerprint density at radius 2 is 1.68 bits per heavy atom. The molecule has 1 aliphatic carbocycles. The summed E-state index contributed by atoms with van der Waals surface area (Å²) in [6.45, 7) is 0. The van der Waals surface area contributed by atoms with E-state index in [2.05, 4.69) is 6.08 Å². The average molecular weight is 491 g/mol. The molecule has 172 valence electrons. The predicted octanol–water partition coefficient (Wildman–Crippen LogP) is 7.44. The number of hydrogen-bond acceptors (Lipinski definition) is 3. The number of rotatable bonds is 4. The van der Waals surface area contributed by atoms with Gasteiger partial charge >= 0.3 is 0 Å². The number of carbonyl (C=O) groups excluding carboxylic acids is 1. The van der Waals surface area contributed by atoms with Crippen molar-refractivity contribution in [3.8, 4) is 5.75 Å². The second kappa shape index (κ2) is 9.65. The quantitative estimate of drug-likeness (QED) is 0.381. The zero-order chi connectivity index (χ0) is 23.7. The van der Waals surface area contributed by atoms with Crippen LogP contribution in [0.3, 0.4) is 0 Å². The lowest BCUT2D eigenvalue weighted by molar-refractivity contribution is 0.0677. The molecule has 1 aliphatic heterocycles. The SMILES string of the molecule is COc1ccccc1C(=O)N1N=C2/C(=C/c3ccc(Cl)cc3)CCCC2C1c1ccc(Cl)cc1. The van der Waals surface area contributed by atoms with E-state index in [-0.39, 0.29) is 17.9 Å². The zero-order valence-corrected chi connectivity index (χ0v) is 20.3. The van der Waals surface area contributed by atoms with Gasteiger partial charge in [0, 0.05) is 16.0 Å². The van der Waals surface area contributed by atoms with Crippen molar-refractivity contribution in [2.24, 2.45) is 11.0 Å². The third-order valence-corrected chi connectivity index (χ3v) is 6.97. The second-order valence-corrected chi connectivity index (χ2v) is 9.42. The van der Waals surface area contributed by atoms with E-state index in [1.54, 1.807) is 24.3 Å². The van der Waals surface area contributed by atoms with Gasteiger partial charge in [-0.2, -0.15) is 5.10 Å². The lowest BCUT2D eigenvalue weighted by Crippen LogP contribution is -2.32. The Bertz CT molecular complexity index is 1270. The predicted molar refractivity (Wildman–Crippen MR) is 138 cm³/mol. The van der Waals surface area contributed by atoms with Crippen molar-refractivity contribution in [3.63, 3.8) is 0 Å². The van der Waals surface area contributed by atoms with Crippen molar-refractivity contribution in [1.29, 1.82) is 0 Å². The number of halogens is 2. The fourth-order valence-corrected chi connectivity index (χ4v) is 5.12. The van der Waals surface area contributed by atoms with Crippen molar-refractivity contribution in [2.75, 3.05) is 7.11 Å². The van der Waals surface area contributed by atoms with Crippen LogP contribution in [0.4, 0.5) is 0 Å². The van der Waals surface area contributed by atoms with Crippen LogP contribution in [0.5, 0.6) is 5.75 Å². The van der Waals surface area contributed by atoms with Crippen molar-refractivity contribution in [2.45, 2.75) is 25.3 Å². The summed E-state index contributed by atoms with van der Waals surface area (Å²) in [5, 5.41) is 7.97. The maximum absolute atomic E-state index is 13.8. The van der Waals surface area contributed by atoms with Crippen molar-refractivity contribution in [1.82, 2.24) is 5.01 Å². The van der Waals surface area contributed by atoms with E-state index in [1.807, 2.05) is 60.7 Å². The molecule has 5 rings (SSSR count). The van der Waals surface area contributed by atoms with Crippen LogP contribution in [0.15, 0.2) is 83.5 Å². The molecular weight excluding hydrogens is 467 g/mol. The molecule has 1 heterocycles. The fraction of sp³-hybridized carbons (Fsp3) is 0.214. The molecule has 0 saturated heterocycles. The van der Waals surface area contributed by atoms with Crippen LogP contribution < -0.4 is 4.74 Å². The van der Waals surface area contributed by atoms with E-state index in [0.717, 1.165) is 41.7 Å². The smallest absolute Gasteiger partial charge is 0.278 e. The number of fused-ring (bicyclic) bond motifs is 1. The summed E-state index contributed by atoms with van der Waals surface area (Å²) in [6.07, 6.45) is 5.07. The van der Waals surface area contributed by atoms with E-state index < -0.39 is 0 Å². The normalized spacial score (nSPS) is 20.7. The molecule has 1 amide bonds. The van der Waals surface area contributed by atoms with Gasteiger partial charge in [0.2, 0.25) is 0 Å². The van der Waals surface area contributed by atoms with Crippen molar-refractivity contribution >= 4 is 40.9 Å². The summed E-state index contributed by atoms with van der Waals surface area (Å²) in [7, 11) is 1.57. The minimum absolute atomic E-state index is 0.104. The number of hydrazone groups is 1. The molecule has 1 fully saturated rings. The Morgan fingerprint density at radius 3 is 2.38 bits per heavy atom. The first-order chi connectivity index (χ1) is 16.5. The summed E-state index contributed by atoms with van der Waals surface area (Å²) in [5.74, 6) is 0.464. The van der Waals surface area contributed by atoms with Crippen LogP contribution in [-0.4, -0.2) is 23.7 Å². The number of benzene rings is 3. The maximum Gasteiger partial charge on any atom is 0.278 e. The van der Waals surface area contributed by atoms with Gasteiger partial charge in [-0.15, -0.1) is 0 Å². The van der Waals surface area contributed by atoms with E-state index >= 15 is 0 Å². The van der Waals surface area contributed by atoms with Gasteiger partial charge < -0.3 is 4.74 Å². The summed E-state index contributed by atoms with van der Waals surface area (Å²) in [5.41, 5.74) is 4.72.